The second-order valence-corrected chi connectivity index (χ2v) is 5.11. The molecule has 3 nitrogen and oxygen atoms in total. The van der Waals surface area contributed by atoms with Crippen LogP contribution in [-0.4, -0.2) is 25.9 Å². The highest BCUT2D eigenvalue weighted by molar-refractivity contribution is 5.48. The van der Waals surface area contributed by atoms with Gasteiger partial charge in [-0.3, -0.25) is 0 Å². The Balaban J connectivity index is 2.59. The lowest BCUT2D eigenvalue weighted by Crippen LogP contribution is -2.29. The summed E-state index contributed by atoms with van der Waals surface area (Å²) in [6.07, 6.45) is 0.172. The summed E-state index contributed by atoms with van der Waals surface area (Å²) in [6, 6.07) is 8.32. The molecule has 1 aromatic carbocycles. The fourth-order valence-corrected chi connectivity index (χ4v) is 1.52. The van der Waals surface area contributed by atoms with Crippen LogP contribution in [-0.2, 0) is 4.74 Å². The number of benzene rings is 1. The third kappa shape index (κ3) is 4.96. The first kappa shape index (κ1) is 14.8. The number of hydrogen-bond donors (Lipinski definition) is 1. The van der Waals surface area contributed by atoms with Crippen LogP contribution in [0.2, 0.25) is 0 Å². The van der Waals surface area contributed by atoms with Crippen molar-refractivity contribution in [3.63, 3.8) is 0 Å². The fourth-order valence-electron chi connectivity index (χ4n) is 1.52. The van der Waals surface area contributed by atoms with Crippen LogP contribution in [0.25, 0.3) is 0 Å². The molecule has 18 heavy (non-hydrogen) atoms. The van der Waals surface area contributed by atoms with Crippen LogP contribution in [0.4, 0.5) is 5.69 Å². The van der Waals surface area contributed by atoms with E-state index in [1.54, 1.807) is 7.11 Å². The third-order valence-electron chi connectivity index (χ3n) is 2.89. The summed E-state index contributed by atoms with van der Waals surface area (Å²) in [6.45, 7) is 9.19. The van der Waals surface area contributed by atoms with Crippen molar-refractivity contribution in [1.82, 2.24) is 0 Å². The number of nitrogens with one attached hydrogen (secondary N) is 1. The van der Waals surface area contributed by atoms with Crippen LogP contribution < -0.4 is 10.1 Å². The van der Waals surface area contributed by atoms with Gasteiger partial charge in [0.25, 0.3) is 0 Å². The molecule has 0 fully saturated rings. The maximum atomic E-state index is 5.71. The molecule has 0 aliphatic rings. The van der Waals surface area contributed by atoms with E-state index in [2.05, 4.69) is 33.0 Å². The van der Waals surface area contributed by atoms with Gasteiger partial charge in [0.1, 0.15) is 5.75 Å². The monoisotopic (exact) mass is 251 g/mol. The van der Waals surface area contributed by atoms with Crippen LogP contribution >= 0.6 is 0 Å². The van der Waals surface area contributed by atoms with Gasteiger partial charge in [-0.05, 0) is 31.9 Å². The van der Waals surface area contributed by atoms with E-state index in [-0.39, 0.29) is 12.1 Å². The molecule has 2 unspecified atom stereocenters. The molecule has 1 N–H and O–H groups in total. The molecule has 1 rings (SSSR count). The van der Waals surface area contributed by atoms with Gasteiger partial charge in [0.2, 0.25) is 0 Å². The highest BCUT2D eigenvalue weighted by Gasteiger charge is 2.10. The van der Waals surface area contributed by atoms with Crippen molar-refractivity contribution in [3.05, 3.63) is 24.3 Å². The van der Waals surface area contributed by atoms with Crippen LogP contribution in [0.1, 0.15) is 27.7 Å². The zero-order chi connectivity index (χ0) is 13.5. The minimum Gasteiger partial charge on any atom is -0.493 e. The summed E-state index contributed by atoms with van der Waals surface area (Å²) in [5, 5.41) is 3.42. The molecular weight excluding hydrogens is 226 g/mol. The smallest absolute Gasteiger partial charge is 0.121 e. The van der Waals surface area contributed by atoms with Gasteiger partial charge in [0.15, 0.2) is 0 Å². The molecule has 0 aliphatic heterocycles. The van der Waals surface area contributed by atoms with Gasteiger partial charge in [-0.1, -0.05) is 19.9 Å². The number of rotatable bonds is 7. The molecule has 0 aliphatic carbocycles. The first-order valence-corrected chi connectivity index (χ1v) is 6.55. The third-order valence-corrected chi connectivity index (χ3v) is 2.89. The Morgan fingerprint density at radius 2 is 1.89 bits per heavy atom. The minimum absolute atomic E-state index is 0.172. The van der Waals surface area contributed by atoms with Crippen molar-refractivity contribution in [2.45, 2.75) is 39.8 Å². The molecule has 102 valence electrons. The van der Waals surface area contributed by atoms with Crippen LogP contribution in [0.15, 0.2) is 24.3 Å². The molecule has 0 amide bonds. The zero-order valence-corrected chi connectivity index (χ0v) is 12.1. The van der Waals surface area contributed by atoms with E-state index in [1.807, 2.05) is 24.3 Å². The Morgan fingerprint density at radius 1 is 1.17 bits per heavy atom. The van der Waals surface area contributed by atoms with E-state index in [0.717, 1.165) is 18.0 Å². The number of hydrogen-bond acceptors (Lipinski definition) is 3. The summed E-state index contributed by atoms with van der Waals surface area (Å²) >= 11 is 0. The van der Waals surface area contributed by atoms with Gasteiger partial charge in [0.05, 0.1) is 12.7 Å². The summed E-state index contributed by atoms with van der Waals surface area (Å²) < 4.78 is 11.0. The van der Waals surface area contributed by atoms with E-state index < -0.39 is 0 Å². The van der Waals surface area contributed by atoms with Crippen LogP contribution in [0.3, 0.4) is 0 Å². The maximum Gasteiger partial charge on any atom is 0.121 e. The Hall–Kier alpha value is -1.22. The quantitative estimate of drug-likeness (QED) is 0.803. The van der Waals surface area contributed by atoms with Gasteiger partial charge >= 0.3 is 0 Å². The van der Waals surface area contributed by atoms with E-state index >= 15 is 0 Å². The largest absolute Gasteiger partial charge is 0.493 e. The maximum absolute atomic E-state index is 5.71. The Labute approximate surface area is 110 Å². The first-order valence-electron chi connectivity index (χ1n) is 6.55. The fraction of sp³-hybridized carbons (Fsp3) is 0.600. The summed E-state index contributed by atoms with van der Waals surface area (Å²) in [7, 11) is 1.73. The standard InChI is InChI=1S/C15H25NO2/c1-11(2)10-18-15-8-6-7-14(9-15)16-12(3)13(4)17-5/h6-9,11-13,16H,10H2,1-5H3. The molecule has 0 radical (unpaired) electrons. The second kappa shape index (κ2) is 7.27. The highest BCUT2D eigenvalue weighted by Crippen LogP contribution is 2.19. The van der Waals surface area contributed by atoms with Crippen molar-refractivity contribution < 1.29 is 9.47 Å². The molecule has 1 aromatic rings. The van der Waals surface area contributed by atoms with Gasteiger partial charge in [-0.25, -0.2) is 0 Å². The zero-order valence-electron chi connectivity index (χ0n) is 12.1. The van der Waals surface area contributed by atoms with E-state index in [4.69, 9.17) is 9.47 Å². The molecule has 2 atom stereocenters. The average Bonchev–Trinajstić information content (AvgIpc) is 2.35. The Kier molecular flexibility index (Phi) is 5.99. The van der Waals surface area contributed by atoms with Gasteiger partial charge in [-0.15, -0.1) is 0 Å². The van der Waals surface area contributed by atoms with E-state index in [9.17, 15) is 0 Å². The molecular formula is C15H25NO2. The molecule has 0 heterocycles. The lowest BCUT2D eigenvalue weighted by molar-refractivity contribution is 0.106. The molecule has 0 aromatic heterocycles. The van der Waals surface area contributed by atoms with Crippen LogP contribution in [0.5, 0.6) is 5.75 Å². The van der Waals surface area contributed by atoms with Crippen molar-refractivity contribution in [2.24, 2.45) is 5.92 Å². The summed E-state index contributed by atoms with van der Waals surface area (Å²) in [5.74, 6) is 1.44. The van der Waals surface area contributed by atoms with Crippen molar-refractivity contribution >= 4 is 5.69 Å². The lowest BCUT2D eigenvalue weighted by Gasteiger charge is -2.21. The molecule has 0 bridgehead atoms. The normalized spacial score (nSPS) is 14.3. The van der Waals surface area contributed by atoms with Crippen molar-refractivity contribution in [1.29, 1.82) is 0 Å². The van der Waals surface area contributed by atoms with Gasteiger partial charge in [-0.2, -0.15) is 0 Å². The van der Waals surface area contributed by atoms with Gasteiger partial charge in [0, 0.05) is 24.9 Å². The topological polar surface area (TPSA) is 30.5 Å². The number of ether oxygens (including phenoxy) is 2. The number of anilines is 1. The minimum atomic E-state index is 0.172. The average molecular weight is 251 g/mol. The molecule has 3 heteroatoms. The van der Waals surface area contributed by atoms with Crippen molar-refractivity contribution in [3.8, 4) is 5.75 Å². The van der Waals surface area contributed by atoms with Crippen molar-refractivity contribution in [2.75, 3.05) is 19.0 Å². The number of methoxy groups -OCH3 is 1. The Morgan fingerprint density at radius 3 is 2.50 bits per heavy atom. The molecule has 0 spiro atoms. The second-order valence-electron chi connectivity index (χ2n) is 5.11. The summed E-state index contributed by atoms with van der Waals surface area (Å²) in [4.78, 5) is 0. The lowest BCUT2D eigenvalue weighted by atomic mass is 10.2. The SMILES string of the molecule is COC(C)C(C)Nc1cccc(OCC(C)C)c1. The molecule has 0 saturated carbocycles. The van der Waals surface area contributed by atoms with E-state index in [0.29, 0.717) is 5.92 Å². The highest BCUT2D eigenvalue weighted by atomic mass is 16.5. The first-order chi connectivity index (χ1) is 8.52. The predicted molar refractivity (Wildman–Crippen MR) is 76.3 cm³/mol. The molecule has 0 saturated heterocycles. The summed E-state index contributed by atoms with van der Waals surface area (Å²) in [5.41, 5.74) is 1.06. The Bertz CT molecular complexity index is 352. The van der Waals surface area contributed by atoms with E-state index in [1.165, 1.54) is 0 Å². The van der Waals surface area contributed by atoms with Crippen LogP contribution in [0, 0.1) is 5.92 Å². The van der Waals surface area contributed by atoms with Gasteiger partial charge < -0.3 is 14.8 Å². The predicted octanol–water partition coefficient (Wildman–Crippen LogP) is 3.56.